The van der Waals surface area contributed by atoms with E-state index in [0.29, 0.717) is 36.3 Å². The van der Waals surface area contributed by atoms with E-state index < -0.39 is 29.9 Å². The van der Waals surface area contributed by atoms with Gasteiger partial charge in [-0.3, -0.25) is 4.79 Å². The van der Waals surface area contributed by atoms with Gasteiger partial charge in [0.2, 0.25) is 11.7 Å². The standard InChI is InChI=1S/C32H43N3O9S2/c1-6-38-27(37)22-10-9-21(33-26(36)17-45-30-35-34-20(4)46-30)16-25(22)39-14-7-15-40-28-19(3)24-11-8-18(2)23-12-13-31(5)42-29(41-28)32(23,24)44-43-31/h9-10,16,18-19,23-24,28-29H,6-8,11-15,17H2,1-5H3,(H,33,36)/t18-,19-,23?,24+,28+,29-,31-,32-/m1/s1. The molecule has 252 valence electrons. The van der Waals surface area contributed by atoms with Crippen LogP contribution in [-0.4, -0.2) is 71.6 Å². The lowest BCUT2D eigenvalue weighted by atomic mass is 9.58. The first-order valence-corrected chi connectivity index (χ1v) is 17.9. The summed E-state index contributed by atoms with van der Waals surface area (Å²) < 4.78 is 31.2. The highest BCUT2D eigenvalue weighted by atomic mass is 32.2. The molecule has 1 unspecified atom stereocenters. The fourth-order valence-electron chi connectivity index (χ4n) is 7.26. The van der Waals surface area contributed by atoms with Crippen molar-refractivity contribution in [1.82, 2.24) is 10.2 Å². The van der Waals surface area contributed by atoms with Crippen LogP contribution in [-0.2, 0) is 33.5 Å². The van der Waals surface area contributed by atoms with Crippen molar-refractivity contribution in [2.75, 3.05) is 30.9 Å². The number of amides is 1. The summed E-state index contributed by atoms with van der Waals surface area (Å²) in [6, 6.07) is 4.89. The Morgan fingerprint density at radius 3 is 2.76 bits per heavy atom. The number of fused-ring (bicyclic) bond motifs is 2. The summed E-state index contributed by atoms with van der Waals surface area (Å²) in [6.07, 6.45) is 3.38. The van der Waals surface area contributed by atoms with Crippen LogP contribution < -0.4 is 10.1 Å². The number of carbonyl (C=O) groups is 2. The molecule has 1 aromatic heterocycles. The van der Waals surface area contributed by atoms with Gasteiger partial charge in [0, 0.05) is 36.4 Å². The molecular weight excluding hydrogens is 634 g/mol. The Kier molecular flexibility index (Phi) is 10.2. The van der Waals surface area contributed by atoms with Crippen molar-refractivity contribution in [3.05, 3.63) is 28.8 Å². The number of aryl methyl sites for hydroxylation is 1. The van der Waals surface area contributed by atoms with Crippen molar-refractivity contribution in [3.8, 4) is 5.75 Å². The van der Waals surface area contributed by atoms with Crippen LogP contribution >= 0.6 is 23.1 Å². The number of hydrogen-bond acceptors (Lipinski definition) is 13. The van der Waals surface area contributed by atoms with Gasteiger partial charge in [0.05, 0.1) is 25.6 Å². The van der Waals surface area contributed by atoms with E-state index in [0.717, 1.165) is 35.0 Å². The predicted octanol–water partition coefficient (Wildman–Crippen LogP) is 5.75. The normalized spacial score (nSPS) is 33.2. The highest BCUT2D eigenvalue weighted by molar-refractivity contribution is 8.01. The molecule has 1 spiro atoms. The number of benzene rings is 1. The van der Waals surface area contributed by atoms with Crippen LogP contribution in [0.25, 0.3) is 0 Å². The SMILES string of the molecule is CCOC(=O)c1ccc(NC(=O)CSc2nnc(C)s2)cc1OCCCO[C@H]1O[C@@H]2O[C@@]3(C)CCC4[C@H](C)CC[C@@H]([C@H]1C)[C@]42OO3. The van der Waals surface area contributed by atoms with Gasteiger partial charge in [-0.2, -0.15) is 0 Å². The van der Waals surface area contributed by atoms with Gasteiger partial charge in [0.15, 0.2) is 22.5 Å². The van der Waals surface area contributed by atoms with Crippen LogP contribution in [0.5, 0.6) is 5.75 Å². The number of hydrogen-bond donors (Lipinski definition) is 1. The lowest BCUT2D eigenvalue weighted by molar-refractivity contribution is -0.577. The topological polar surface area (TPSA) is 137 Å². The van der Waals surface area contributed by atoms with Crippen molar-refractivity contribution >= 4 is 40.7 Å². The highest BCUT2D eigenvalue weighted by Gasteiger charge is 2.69. The van der Waals surface area contributed by atoms with Crippen LogP contribution in [0.2, 0.25) is 0 Å². The van der Waals surface area contributed by atoms with Crippen molar-refractivity contribution in [2.24, 2.45) is 23.7 Å². The Hall–Kier alpha value is -2.33. The second kappa shape index (κ2) is 14.0. The number of carbonyl (C=O) groups excluding carboxylic acids is 2. The fourth-order valence-corrected chi connectivity index (χ4v) is 8.88. The van der Waals surface area contributed by atoms with E-state index in [1.165, 1.54) is 23.1 Å². The van der Waals surface area contributed by atoms with E-state index in [-0.39, 0.29) is 42.3 Å². The monoisotopic (exact) mass is 677 g/mol. The third-order valence-electron chi connectivity index (χ3n) is 9.52. The van der Waals surface area contributed by atoms with Crippen molar-refractivity contribution < 1.29 is 43.0 Å². The highest BCUT2D eigenvalue weighted by Crippen LogP contribution is 2.60. The molecule has 4 aliphatic heterocycles. The van der Waals surface area contributed by atoms with Gasteiger partial charge in [0.25, 0.3) is 0 Å². The van der Waals surface area contributed by atoms with Crippen LogP contribution in [0.1, 0.15) is 75.2 Å². The first kappa shape index (κ1) is 33.6. The Labute approximate surface area is 277 Å². The second-order valence-electron chi connectivity index (χ2n) is 12.7. The molecule has 2 aromatic rings. The van der Waals surface area contributed by atoms with Gasteiger partial charge >= 0.3 is 5.97 Å². The van der Waals surface area contributed by atoms with Gasteiger partial charge in [-0.25, -0.2) is 14.6 Å². The molecule has 46 heavy (non-hydrogen) atoms. The quantitative estimate of drug-likeness (QED) is 0.127. The molecule has 1 saturated carbocycles. The molecule has 1 aromatic carbocycles. The second-order valence-corrected chi connectivity index (χ2v) is 15.1. The van der Waals surface area contributed by atoms with Crippen LogP contribution in [0.3, 0.4) is 0 Å². The first-order valence-electron chi connectivity index (χ1n) is 16.1. The van der Waals surface area contributed by atoms with Crippen molar-refractivity contribution in [2.45, 2.75) is 95.0 Å². The molecule has 1 N–H and O–H groups in total. The molecule has 8 atom stereocenters. The van der Waals surface area contributed by atoms with Crippen LogP contribution in [0.15, 0.2) is 22.5 Å². The average molecular weight is 678 g/mol. The zero-order valence-corrected chi connectivity index (χ0v) is 28.6. The summed E-state index contributed by atoms with van der Waals surface area (Å²) in [7, 11) is 0. The number of rotatable bonds is 12. The molecule has 14 heteroatoms. The Bertz CT molecular complexity index is 1410. The molecule has 1 amide bonds. The Morgan fingerprint density at radius 2 is 1.98 bits per heavy atom. The number of thioether (sulfide) groups is 1. The van der Waals surface area contributed by atoms with E-state index in [4.69, 9.17) is 33.5 Å². The zero-order chi connectivity index (χ0) is 32.5. The van der Waals surface area contributed by atoms with Crippen LogP contribution in [0, 0.1) is 30.6 Å². The van der Waals surface area contributed by atoms with Crippen molar-refractivity contribution in [1.29, 1.82) is 0 Å². The molecule has 5 aliphatic rings. The van der Waals surface area contributed by atoms with Gasteiger partial charge in [0.1, 0.15) is 16.3 Å². The summed E-state index contributed by atoms with van der Waals surface area (Å²) in [5.41, 5.74) is 0.163. The summed E-state index contributed by atoms with van der Waals surface area (Å²) in [5.74, 6) is 0.00672. The maximum atomic E-state index is 12.6. The van der Waals surface area contributed by atoms with E-state index in [2.05, 4.69) is 29.4 Å². The van der Waals surface area contributed by atoms with Crippen LogP contribution in [0.4, 0.5) is 5.69 Å². The van der Waals surface area contributed by atoms with E-state index >= 15 is 0 Å². The lowest BCUT2D eigenvalue weighted by Gasteiger charge is -2.60. The number of aromatic nitrogens is 2. The number of anilines is 1. The maximum absolute atomic E-state index is 12.6. The molecule has 7 rings (SSSR count). The summed E-state index contributed by atoms with van der Waals surface area (Å²) in [4.78, 5) is 37.3. The van der Waals surface area contributed by atoms with Crippen molar-refractivity contribution in [3.63, 3.8) is 0 Å². The summed E-state index contributed by atoms with van der Waals surface area (Å²) in [6.45, 7) is 10.9. The predicted molar refractivity (Wildman–Crippen MR) is 169 cm³/mol. The van der Waals surface area contributed by atoms with Gasteiger partial charge in [-0.1, -0.05) is 36.9 Å². The smallest absolute Gasteiger partial charge is 0.341 e. The molecule has 12 nitrogen and oxygen atoms in total. The molecule has 1 aliphatic carbocycles. The van der Waals surface area contributed by atoms with Gasteiger partial charge in [-0.05, 0) is 64.0 Å². The van der Waals surface area contributed by atoms with E-state index in [1.54, 1.807) is 25.1 Å². The number of nitrogens with zero attached hydrogens (tertiary/aromatic N) is 2. The minimum absolute atomic E-state index is 0.0755. The van der Waals surface area contributed by atoms with E-state index in [9.17, 15) is 9.59 Å². The summed E-state index contributed by atoms with van der Waals surface area (Å²) >= 11 is 2.75. The number of nitrogens with one attached hydrogen (secondary N) is 1. The zero-order valence-electron chi connectivity index (χ0n) is 26.9. The molecule has 2 bridgehead atoms. The minimum atomic E-state index is -0.835. The number of ether oxygens (including phenoxy) is 5. The Morgan fingerprint density at radius 1 is 1.13 bits per heavy atom. The largest absolute Gasteiger partial charge is 0.493 e. The lowest BCUT2D eigenvalue weighted by Crippen LogP contribution is -2.70. The number of esters is 1. The Balaban J connectivity index is 1.05. The maximum Gasteiger partial charge on any atom is 0.341 e. The van der Waals surface area contributed by atoms with E-state index in [1.807, 2.05) is 13.8 Å². The first-order chi connectivity index (χ1) is 22.1. The summed E-state index contributed by atoms with van der Waals surface area (Å²) in [5, 5.41) is 11.7. The third kappa shape index (κ3) is 6.80. The molecular formula is C32H43N3O9S2. The average Bonchev–Trinajstić information content (AvgIpc) is 3.31. The fraction of sp³-hybridized carbons (Fsp3) is 0.688. The van der Waals surface area contributed by atoms with Gasteiger partial charge < -0.3 is 29.0 Å². The minimum Gasteiger partial charge on any atom is -0.493 e. The molecule has 5 heterocycles. The molecule has 4 saturated heterocycles. The molecule has 5 fully saturated rings. The molecule has 0 radical (unpaired) electrons. The van der Waals surface area contributed by atoms with Gasteiger partial charge in [-0.15, -0.1) is 10.2 Å². The third-order valence-corrected chi connectivity index (χ3v) is 11.5.